The van der Waals surface area contributed by atoms with Crippen molar-refractivity contribution in [3.05, 3.63) is 65.4 Å². The first-order valence-corrected chi connectivity index (χ1v) is 11.3. The molecule has 0 atom stereocenters. The number of aromatic amines is 1. The number of carbonyl (C=O) groups excluding carboxylic acids is 1. The van der Waals surface area contributed by atoms with Gasteiger partial charge in [0.15, 0.2) is 11.5 Å². The smallest absolute Gasteiger partial charge is 0.279 e. The van der Waals surface area contributed by atoms with Crippen LogP contribution in [0.25, 0.3) is 11.1 Å². The van der Waals surface area contributed by atoms with Gasteiger partial charge in [-0.25, -0.2) is 0 Å². The maximum Gasteiger partial charge on any atom is 0.279 e. The molecule has 1 aliphatic rings. The molecule has 0 saturated carbocycles. The Balaban J connectivity index is 1.47. The molecule has 0 unspecified atom stereocenters. The van der Waals surface area contributed by atoms with Crippen molar-refractivity contribution in [3.63, 3.8) is 0 Å². The number of amides is 1. The molecule has 1 aromatic heterocycles. The van der Waals surface area contributed by atoms with E-state index < -0.39 is 0 Å². The van der Waals surface area contributed by atoms with Crippen molar-refractivity contribution in [3.8, 4) is 22.6 Å². The summed E-state index contributed by atoms with van der Waals surface area (Å²) in [4.78, 5) is 19.8. The van der Waals surface area contributed by atoms with E-state index in [1.165, 1.54) is 17.7 Å². The van der Waals surface area contributed by atoms with Gasteiger partial charge >= 0.3 is 0 Å². The van der Waals surface area contributed by atoms with E-state index in [0.717, 1.165) is 37.1 Å². The molecule has 2 N–H and O–H groups in total. The van der Waals surface area contributed by atoms with Gasteiger partial charge < -0.3 is 14.5 Å². The van der Waals surface area contributed by atoms with Crippen LogP contribution in [-0.2, 0) is 0 Å². The van der Waals surface area contributed by atoms with Gasteiger partial charge in [0.1, 0.15) is 12.3 Å². The van der Waals surface area contributed by atoms with E-state index in [1.807, 2.05) is 12.1 Å². The minimum Gasteiger partial charge on any atom is -0.493 e. The Bertz CT molecular complexity index is 1110. The van der Waals surface area contributed by atoms with Gasteiger partial charge in [-0.2, -0.15) is 0 Å². The molecule has 2 heterocycles. The van der Waals surface area contributed by atoms with Crippen molar-refractivity contribution in [2.45, 2.75) is 12.8 Å². The quantitative estimate of drug-likeness (QED) is 0.340. The predicted octanol–water partition coefficient (Wildman–Crippen LogP) is 5.07. The number of H-pyrrole nitrogens is 1. The van der Waals surface area contributed by atoms with E-state index in [1.54, 1.807) is 49.7 Å². The van der Waals surface area contributed by atoms with E-state index in [2.05, 4.69) is 9.88 Å². The molecule has 1 amide bonds. The van der Waals surface area contributed by atoms with Crippen molar-refractivity contribution in [2.75, 3.05) is 38.3 Å². The highest BCUT2D eigenvalue weighted by Crippen LogP contribution is 2.32. The molecule has 3 aromatic rings. The molecule has 0 aliphatic carbocycles. The third-order valence-corrected chi connectivity index (χ3v) is 5.98. The fourth-order valence-electron chi connectivity index (χ4n) is 3.92. The monoisotopic (exact) mass is 466 g/mol. The number of ether oxygens (including phenoxy) is 2. The summed E-state index contributed by atoms with van der Waals surface area (Å²) in [6, 6.07) is 14.4. The summed E-state index contributed by atoms with van der Waals surface area (Å²) in [5.41, 5.74) is 2.68. The van der Waals surface area contributed by atoms with Crippen LogP contribution in [0.3, 0.4) is 0 Å². The van der Waals surface area contributed by atoms with Crippen LogP contribution < -0.4 is 14.4 Å². The molecule has 1 saturated heterocycles. The number of methoxy groups -OCH3 is 1. The van der Waals surface area contributed by atoms with Crippen LogP contribution >= 0.6 is 11.6 Å². The topological polar surface area (TPSA) is 81.7 Å². The summed E-state index contributed by atoms with van der Waals surface area (Å²) in [5.74, 6) is 0.777. The standard InChI is InChI=1S/C25H27ClN4O3/c1-32-24-15-21(8-9-23(24)33-13-12-29-10-2-3-11-29)30(17-27)25(31)22-14-19(16-28-22)18-4-6-20(26)7-5-18/h4-9,14-17,27-28H,2-3,10-13H2,1H3. The zero-order valence-corrected chi connectivity index (χ0v) is 19.3. The van der Waals surface area contributed by atoms with Crippen LogP contribution in [0, 0.1) is 5.41 Å². The fraction of sp³-hybridized carbons (Fsp3) is 0.280. The number of benzene rings is 2. The van der Waals surface area contributed by atoms with E-state index in [-0.39, 0.29) is 5.91 Å². The van der Waals surface area contributed by atoms with Gasteiger partial charge in [0, 0.05) is 23.8 Å². The van der Waals surface area contributed by atoms with Crippen LogP contribution in [-0.4, -0.2) is 55.5 Å². The average Bonchev–Trinajstić information content (AvgIpc) is 3.53. The molecule has 0 bridgehead atoms. The Morgan fingerprint density at radius 2 is 1.88 bits per heavy atom. The summed E-state index contributed by atoms with van der Waals surface area (Å²) in [5, 5.41) is 8.48. The Morgan fingerprint density at radius 1 is 1.12 bits per heavy atom. The average molecular weight is 467 g/mol. The van der Waals surface area contributed by atoms with Crippen molar-refractivity contribution in [1.82, 2.24) is 9.88 Å². The number of nitrogens with zero attached hydrogens (tertiary/aromatic N) is 2. The minimum absolute atomic E-state index is 0.352. The summed E-state index contributed by atoms with van der Waals surface area (Å²) in [7, 11) is 1.56. The van der Waals surface area contributed by atoms with E-state index in [9.17, 15) is 4.79 Å². The van der Waals surface area contributed by atoms with Gasteiger partial charge in [-0.15, -0.1) is 0 Å². The Labute approximate surface area is 198 Å². The Morgan fingerprint density at radius 3 is 2.58 bits per heavy atom. The van der Waals surface area contributed by atoms with E-state index in [0.29, 0.717) is 34.5 Å². The van der Waals surface area contributed by atoms with Crippen LogP contribution in [0.1, 0.15) is 23.3 Å². The van der Waals surface area contributed by atoms with Gasteiger partial charge in [0.05, 0.1) is 19.1 Å². The maximum atomic E-state index is 13.1. The highest BCUT2D eigenvalue weighted by Gasteiger charge is 2.20. The summed E-state index contributed by atoms with van der Waals surface area (Å²) in [6.45, 7) is 3.68. The second-order valence-corrected chi connectivity index (χ2v) is 8.28. The number of halogens is 1. The van der Waals surface area contributed by atoms with Crippen molar-refractivity contribution in [2.24, 2.45) is 0 Å². The lowest BCUT2D eigenvalue weighted by Crippen LogP contribution is -2.29. The molecule has 8 heteroatoms. The SMILES string of the molecule is COc1cc(N(C=N)C(=O)c2cc(-c3ccc(Cl)cc3)c[nH]2)ccc1OCCN1CCCC1. The van der Waals surface area contributed by atoms with Crippen LogP contribution in [0.2, 0.25) is 5.02 Å². The number of carbonyl (C=O) groups is 1. The first kappa shape index (κ1) is 22.9. The number of nitrogens with one attached hydrogen (secondary N) is 2. The van der Waals surface area contributed by atoms with Gasteiger partial charge in [0.25, 0.3) is 5.91 Å². The van der Waals surface area contributed by atoms with Crippen molar-refractivity contribution >= 4 is 29.5 Å². The van der Waals surface area contributed by atoms with Crippen molar-refractivity contribution < 1.29 is 14.3 Å². The third-order valence-electron chi connectivity index (χ3n) is 5.73. The van der Waals surface area contributed by atoms with Crippen LogP contribution in [0.4, 0.5) is 5.69 Å². The lowest BCUT2D eigenvalue weighted by molar-refractivity contribution is 0.0999. The molecule has 4 rings (SSSR count). The van der Waals surface area contributed by atoms with Crippen LogP contribution in [0.5, 0.6) is 11.5 Å². The second-order valence-electron chi connectivity index (χ2n) is 7.85. The molecular weight excluding hydrogens is 440 g/mol. The lowest BCUT2D eigenvalue weighted by Gasteiger charge is -2.19. The molecule has 1 aliphatic heterocycles. The van der Waals surface area contributed by atoms with E-state index in [4.69, 9.17) is 26.5 Å². The molecule has 172 valence electrons. The summed E-state index contributed by atoms with van der Waals surface area (Å²) >= 11 is 5.96. The minimum atomic E-state index is -0.352. The molecular formula is C25H27ClN4O3. The molecule has 1 fully saturated rings. The number of hydrogen-bond donors (Lipinski definition) is 2. The van der Waals surface area contributed by atoms with Gasteiger partial charge in [-0.1, -0.05) is 23.7 Å². The lowest BCUT2D eigenvalue weighted by atomic mass is 10.1. The molecule has 33 heavy (non-hydrogen) atoms. The fourth-order valence-corrected chi connectivity index (χ4v) is 4.05. The zero-order valence-electron chi connectivity index (χ0n) is 18.5. The molecule has 0 radical (unpaired) electrons. The normalized spacial score (nSPS) is 13.6. The third kappa shape index (κ3) is 5.38. The maximum absolute atomic E-state index is 13.1. The Kier molecular flexibility index (Phi) is 7.32. The predicted molar refractivity (Wildman–Crippen MR) is 131 cm³/mol. The second kappa shape index (κ2) is 10.6. The highest BCUT2D eigenvalue weighted by molar-refractivity contribution is 6.30. The molecule has 0 spiro atoms. The Hall–Kier alpha value is -3.29. The summed E-state index contributed by atoms with van der Waals surface area (Å²) < 4.78 is 11.4. The van der Waals surface area contributed by atoms with E-state index >= 15 is 0 Å². The summed E-state index contributed by atoms with van der Waals surface area (Å²) in [6.07, 6.45) is 5.24. The van der Waals surface area contributed by atoms with Gasteiger partial charge in [0.2, 0.25) is 0 Å². The molecule has 7 nitrogen and oxygen atoms in total. The number of hydrogen-bond acceptors (Lipinski definition) is 5. The van der Waals surface area contributed by atoms with Crippen molar-refractivity contribution in [1.29, 1.82) is 5.41 Å². The first-order valence-electron chi connectivity index (χ1n) is 10.9. The number of likely N-dealkylation sites (tertiary alicyclic amines) is 1. The van der Waals surface area contributed by atoms with Crippen LogP contribution in [0.15, 0.2) is 54.7 Å². The number of anilines is 1. The van der Waals surface area contributed by atoms with Gasteiger partial charge in [-0.05, 0) is 67.4 Å². The molecule has 2 aromatic carbocycles. The largest absolute Gasteiger partial charge is 0.493 e. The highest BCUT2D eigenvalue weighted by atomic mass is 35.5. The zero-order chi connectivity index (χ0) is 23.2. The number of aromatic nitrogens is 1. The first-order chi connectivity index (χ1) is 16.1. The van der Waals surface area contributed by atoms with Gasteiger partial charge in [-0.3, -0.25) is 20.0 Å². The number of rotatable bonds is 9.